The summed E-state index contributed by atoms with van der Waals surface area (Å²) in [7, 11) is 0. The lowest BCUT2D eigenvalue weighted by Crippen LogP contribution is -2.31. The van der Waals surface area contributed by atoms with Crippen molar-refractivity contribution in [1.82, 2.24) is 5.32 Å². The second-order valence-corrected chi connectivity index (χ2v) is 7.16. The number of nitrogens with one attached hydrogen (secondary N) is 1. The summed E-state index contributed by atoms with van der Waals surface area (Å²) in [6, 6.07) is 10.8. The number of esters is 1. The van der Waals surface area contributed by atoms with E-state index in [1.54, 1.807) is 13.8 Å². The van der Waals surface area contributed by atoms with Crippen molar-refractivity contribution in [1.29, 1.82) is 0 Å². The van der Waals surface area contributed by atoms with Gasteiger partial charge in [0.05, 0.1) is 24.1 Å². The van der Waals surface area contributed by atoms with Crippen LogP contribution in [0.4, 0.5) is 4.39 Å². The number of hydrogen-bond donors (Lipinski definition) is 1. The summed E-state index contributed by atoms with van der Waals surface area (Å²) in [5.41, 5.74) is 2.16. The second-order valence-electron chi connectivity index (χ2n) is 6.30. The summed E-state index contributed by atoms with van der Waals surface area (Å²) in [4.78, 5) is 24.7. The van der Waals surface area contributed by atoms with Crippen LogP contribution in [0, 0.1) is 12.7 Å². The van der Waals surface area contributed by atoms with Gasteiger partial charge in [-0.15, -0.1) is 0 Å². The summed E-state index contributed by atoms with van der Waals surface area (Å²) >= 11 is 3.19. The average molecular weight is 422 g/mol. The van der Waals surface area contributed by atoms with Gasteiger partial charge in [-0.05, 0) is 60.5 Å². The third kappa shape index (κ3) is 5.66. The van der Waals surface area contributed by atoms with E-state index in [1.165, 1.54) is 18.2 Å². The van der Waals surface area contributed by atoms with E-state index in [0.29, 0.717) is 10.0 Å². The minimum absolute atomic E-state index is 0.00575. The molecule has 0 aromatic heterocycles. The first-order valence-electron chi connectivity index (χ1n) is 8.28. The van der Waals surface area contributed by atoms with E-state index in [4.69, 9.17) is 4.74 Å². The fourth-order valence-corrected chi connectivity index (χ4v) is 2.97. The van der Waals surface area contributed by atoms with Gasteiger partial charge < -0.3 is 10.1 Å². The van der Waals surface area contributed by atoms with Crippen LogP contribution in [0.3, 0.4) is 0 Å². The molecule has 0 radical (unpaired) electrons. The molecule has 1 N–H and O–H groups in total. The number of ether oxygens (including phenoxy) is 1. The number of carbonyl (C=O) groups excluding carboxylic acids is 2. The first-order valence-corrected chi connectivity index (χ1v) is 9.07. The fourth-order valence-electron chi connectivity index (χ4n) is 2.44. The van der Waals surface area contributed by atoms with Crippen LogP contribution in [0.1, 0.15) is 47.8 Å². The first kappa shape index (κ1) is 20.1. The smallest absolute Gasteiger partial charge is 0.308 e. The summed E-state index contributed by atoms with van der Waals surface area (Å²) in [6.07, 6.45) is -0.227. The van der Waals surface area contributed by atoms with Crippen LogP contribution in [-0.4, -0.2) is 18.0 Å². The van der Waals surface area contributed by atoms with Crippen molar-refractivity contribution in [3.05, 3.63) is 69.4 Å². The van der Waals surface area contributed by atoms with Gasteiger partial charge in [-0.3, -0.25) is 9.59 Å². The van der Waals surface area contributed by atoms with Crippen molar-refractivity contribution in [2.45, 2.75) is 39.3 Å². The molecule has 0 heterocycles. The Morgan fingerprint density at radius 1 is 1.15 bits per heavy atom. The molecule has 2 rings (SSSR count). The molecular formula is C20H21BrFNO3. The zero-order valence-electron chi connectivity index (χ0n) is 14.9. The zero-order valence-corrected chi connectivity index (χ0v) is 16.5. The largest absolute Gasteiger partial charge is 0.463 e. The molecule has 0 saturated heterocycles. The molecule has 0 aliphatic carbocycles. The van der Waals surface area contributed by atoms with Crippen molar-refractivity contribution in [3.8, 4) is 0 Å². The maximum atomic E-state index is 13.2. The Kier molecular flexibility index (Phi) is 6.91. The quantitative estimate of drug-likeness (QED) is 0.687. The molecule has 2 aromatic rings. The van der Waals surface area contributed by atoms with Gasteiger partial charge in [0, 0.05) is 4.47 Å². The minimum atomic E-state index is -0.550. The molecule has 1 atom stereocenters. The van der Waals surface area contributed by atoms with Crippen LogP contribution in [0.15, 0.2) is 46.9 Å². The topological polar surface area (TPSA) is 55.4 Å². The third-order valence-electron chi connectivity index (χ3n) is 3.70. The van der Waals surface area contributed by atoms with Gasteiger partial charge in [-0.25, -0.2) is 4.39 Å². The number of amides is 1. The van der Waals surface area contributed by atoms with Crippen LogP contribution in [0.25, 0.3) is 0 Å². The molecule has 0 aliphatic heterocycles. The minimum Gasteiger partial charge on any atom is -0.463 e. The number of rotatable bonds is 6. The van der Waals surface area contributed by atoms with Gasteiger partial charge in [0.25, 0.3) is 5.91 Å². The van der Waals surface area contributed by atoms with Crippen molar-refractivity contribution in [2.24, 2.45) is 0 Å². The Balaban J connectivity index is 2.23. The molecule has 26 heavy (non-hydrogen) atoms. The van der Waals surface area contributed by atoms with Crippen LogP contribution in [0.2, 0.25) is 0 Å². The molecule has 2 aromatic carbocycles. The number of carbonyl (C=O) groups is 2. The predicted molar refractivity (Wildman–Crippen MR) is 101 cm³/mol. The fraction of sp³-hybridized carbons (Fsp3) is 0.300. The summed E-state index contributed by atoms with van der Waals surface area (Å²) in [5.74, 6) is -1.24. The lowest BCUT2D eigenvalue weighted by atomic mass is 10.0. The predicted octanol–water partition coefficient (Wildman–Crippen LogP) is 4.71. The number of hydrogen-bond acceptors (Lipinski definition) is 3. The highest BCUT2D eigenvalue weighted by atomic mass is 79.9. The molecule has 0 spiro atoms. The highest BCUT2D eigenvalue weighted by Gasteiger charge is 2.22. The van der Waals surface area contributed by atoms with Crippen LogP contribution in [-0.2, 0) is 9.53 Å². The van der Waals surface area contributed by atoms with Crippen molar-refractivity contribution in [2.75, 3.05) is 0 Å². The van der Waals surface area contributed by atoms with E-state index >= 15 is 0 Å². The molecule has 1 unspecified atom stereocenters. The maximum absolute atomic E-state index is 13.2. The van der Waals surface area contributed by atoms with E-state index in [9.17, 15) is 14.0 Å². The van der Waals surface area contributed by atoms with E-state index in [2.05, 4.69) is 21.2 Å². The normalized spacial score (nSPS) is 11.9. The lowest BCUT2D eigenvalue weighted by Gasteiger charge is -2.20. The van der Waals surface area contributed by atoms with Gasteiger partial charge >= 0.3 is 5.97 Å². The first-order chi connectivity index (χ1) is 12.3. The zero-order chi connectivity index (χ0) is 19.3. The Labute approximate surface area is 160 Å². The van der Waals surface area contributed by atoms with Gasteiger partial charge in [0.2, 0.25) is 0 Å². The molecule has 0 saturated carbocycles. The Bertz CT molecular complexity index is 790. The molecule has 1 amide bonds. The van der Waals surface area contributed by atoms with Crippen LogP contribution >= 0.6 is 15.9 Å². The van der Waals surface area contributed by atoms with E-state index in [0.717, 1.165) is 11.1 Å². The Morgan fingerprint density at radius 2 is 1.81 bits per heavy atom. The van der Waals surface area contributed by atoms with Crippen molar-refractivity contribution in [3.63, 3.8) is 0 Å². The monoisotopic (exact) mass is 421 g/mol. The molecular weight excluding hydrogens is 401 g/mol. The second kappa shape index (κ2) is 8.94. The van der Waals surface area contributed by atoms with E-state index < -0.39 is 23.7 Å². The molecule has 0 fully saturated rings. The van der Waals surface area contributed by atoms with E-state index in [1.807, 2.05) is 31.2 Å². The Morgan fingerprint density at radius 3 is 2.38 bits per heavy atom. The number of aryl methyl sites for hydroxylation is 1. The summed E-state index contributed by atoms with van der Waals surface area (Å²) < 4.78 is 18.8. The van der Waals surface area contributed by atoms with Crippen LogP contribution < -0.4 is 5.32 Å². The van der Waals surface area contributed by atoms with Crippen molar-refractivity contribution >= 4 is 27.8 Å². The summed E-state index contributed by atoms with van der Waals surface area (Å²) in [6.45, 7) is 5.50. The molecule has 0 aliphatic rings. The van der Waals surface area contributed by atoms with Gasteiger partial charge in [-0.2, -0.15) is 0 Å². The van der Waals surface area contributed by atoms with Gasteiger partial charge in [0.1, 0.15) is 5.82 Å². The standard InChI is InChI=1S/C20H21BrFNO3/c1-12(2)26-19(24)11-18(14-6-4-13(3)5-7-14)23-20(25)16-9-8-15(22)10-17(16)21/h4-10,12,18H,11H2,1-3H3,(H,23,25). The Hall–Kier alpha value is -2.21. The highest BCUT2D eigenvalue weighted by Crippen LogP contribution is 2.22. The third-order valence-corrected chi connectivity index (χ3v) is 4.35. The van der Waals surface area contributed by atoms with Gasteiger partial charge in [0.15, 0.2) is 0 Å². The summed E-state index contributed by atoms with van der Waals surface area (Å²) in [5, 5.41) is 2.84. The van der Waals surface area contributed by atoms with Gasteiger partial charge in [-0.1, -0.05) is 29.8 Å². The molecule has 0 bridgehead atoms. The number of halogens is 2. The van der Waals surface area contributed by atoms with Crippen LogP contribution in [0.5, 0.6) is 0 Å². The highest BCUT2D eigenvalue weighted by molar-refractivity contribution is 9.10. The lowest BCUT2D eigenvalue weighted by molar-refractivity contribution is -0.147. The average Bonchev–Trinajstić information content (AvgIpc) is 2.54. The molecule has 6 heteroatoms. The SMILES string of the molecule is Cc1ccc(C(CC(=O)OC(C)C)NC(=O)c2ccc(F)cc2Br)cc1. The molecule has 138 valence electrons. The number of benzene rings is 2. The van der Waals surface area contributed by atoms with E-state index in [-0.39, 0.29) is 12.5 Å². The molecule has 4 nitrogen and oxygen atoms in total. The maximum Gasteiger partial charge on any atom is 0.308 e. The van der Waals surface area contributed by atoms with Crippen molar-refractivity contribution < 1.29 is 18.7 Å².